The van der Waals surface area contributed by atoms with Gasteiger partial charge in [0.15, 0.2) is 0 Å². The molecule has 0 aliphatic rings. The van der Waals surface area contributed by atoms with Gasteiger partial charge in [0.05, 0.1) is 0 Å². The number of para-hydroxylation sites is 1. The molecule has 0 atom stereocenters. The minimum atomic E-state index is -1.60. The minimum absolute atomic E-state index is 0.612. The molecule has 0 aliphatic carbocycles. The Morgan fingerprint density at radius 2 is 1.57 bits per heavy atom. The maximum Gasteiger partial charge on any atom is 0.656 e. The van der Waals surface area contributed by atoms with Crippen LogP contribution in [0.5, 0.6) is 5.75 Å². The average Bonchev–Trinajstić information content (AvgIpc) is 2.20. The van der Waals surface area contributed by atoms with Crippen LogP contribution in [0.4, 0.5) is 0 Å². The van der Waals surface area contributed by atoms with Crippen LogP contribution in [0.25, 0.3) is 0 Å². The first-order chi connectivity index (χ1) is 6.86. The zero-order valence-electron chi connectivity index (χ0n) is 8.53. The van der Waals surface area contributed by atoms with Crippen molar-refractivity contribution >= 4 is 9.53 Å². The van der Waals surface area contributed by atoms with E-state index >= 15 is 0 Å². The Balaban J connectivity index is 2.46. The van der Waals surface area contributed by atoms with E-state index in [1.807, 2.05) is 44.2 Å². The van der Waals surface area contributed by atoms with Gasteiger partial charge in [0.25, 0.3) is 0 Å². The van der Waals surface area contributed by atoms with Crippen LogP contribution in [0.1, 0.15) is 13.8 Å². The first-order valence-corrected chi connectivity index (χ1v) is 5.94. The van der Waals surface area contributed by atoms with Gasteiger partial charge in [-0.05, 0) is 26.0 Å². The summed E-state index contributed by atoms with van der Waals surface area (Å²) in [4.78, 5) is 0. The summed E-state index contributed by atoms with van der Waals surface area (Å²) in [5.41, 5.74) is 0. The predicted molar refractivity (Wildman–Crippen MR) is 56.1 cm³/mol. The molecular formula is C10H15O3Si. The highest BCUT2D eigenvalue weighted by Gasteiger charge is 2.19. The summed E-state index contributed by atoms with van der Waals surface area (Å²) in [7, 11) is -1.60. The number of hydrogen-bond acceptors (Lipinski definition) is 3. The molecule has 0 N–H and O–H groups in total. The third kappa shape index (κ3) is 3.91. The summed E-state index contributed by atoms with van der Waals surface area (Å²) in [6.07, 6.45) is 0. The third-order valence-electron chi connectivity index (χ3n) is 1.47. The van der Waals surface area contributed by atoms with Gasteiger partial charge < -0.3 is 13.3 Å². The maximum atomic E-state index is 5.55. The van der Waals surface area contributed by atoms with Crippen LogP contribution in [0.15, 0.2) is 30.3 Å². The Morgan fingerprint density at radius 3 is 2.07 bits per heavy atom. The van der Waals surface area contributed by atoms with E-state index in [0.717, 1.165) is 5.75 Å². The molecule has 77 valence electrons. The van der Waals surface area contributed by atoms with Crippen molar-refractivity contribution in [2.45, 2.75) is 13.8 Å². The van der Waals surface area contributed by atoms with Crippen molar-refractivity contribution in [1.29, 1.82) is 0 Å². The van der Waals surface area contributed by atoms with Crippen LogP contribution >= 0.6 is 0 Å². The molecule has 0 saturated carbocycles. The molecule has 0 saturated heterocycles. The largest absolute Gasteiger partial charge is 0.656 e. The molecule has 1 radical (unpaired) electrons. The lowest BCUT2D eigenvalue weighted by atomic mass is 10.3. The van der Waals surface area contributed by atoms with Crippen LogP contribution in [0.3, 0.4) is 0 Å². The second-order valence-corrected chi connectivity index (χ2v) is 3.81. The van der Waals surface area contributed by atoms with Crippen molar-refractivity contribution in [2.24, 2.45) is 0 Å². The molecule has 0 spiro atoms. The van der Waals surface area contributed by atoms with Crippen molar-refractivity contribution in [1.82, 2.24) is 0 Å². The summed E-state index contributed by atoms with van der Waals surface area (Å²) in [6, 6.07) is 9.57. The normalized spacial score (nSPS) is 10.5. The molecule has 0 aliphatic heterocycles. The lowest BCUT2D eigenvalue weighted by Gasteiger charge is -2.13. The van der Waals surface area contributed by atoms with Crippen LogP contribution in [-0.4, -0.2) is 22.7 Å². The molecule has 14 heavy (non-hydrogen) atoms. The molecule has 1 rings (SSSR count). The second-order valence-electron chi connectivity index (χ2n) is 2.53. The fourth-order valence-electron chi connectivity index (χ4n) is 0.921. The van der Waals surface area contributed by atoms with Crippen LogP contribution in [-0.2, 0) is 8.85 Å². The van der Waals surface area contributed by atoms with E-state index in [1.54, 1.807) is 0 Å². The van der Waals surface area contributed by atoms with E-state index in [4.69, 9.17) is 13.3 Å². The average molecular weight is 211 g/mol. The van der Waals surface area contributed by atoms with E-state index in [-0.39, 0.29) is 0 Å². The summed E-state index contributed by atoms with van der Waals surface area (Å²) < 4.78 is 16.2. The van der Waals surface area contributed by atoms with Gasteiger partial charge in [-0.25, -0.2) is 0 Å². The van der Waals surface area contributed by atoms with E-state index in [2.05, 4.69) is 0 Å². The maximum absolute atomic E-state index is 5.55. The molecule has 1 aromatic rings. The van der Waals surface area contributed by atoms with Gasteiger partial charge in [0.1, 0.15) is 5.75 Å². The molecule has 4 heteroatoms. The number of hydrogen-bond donors (Lipinski definition) is 0. The minimum Gasteiger partial charge on any atom is -0.498 e. The fourth-order valence-corrected chi connectivity index (χ4v) is 1.92. The Morgan fingerprint density at radius 1 is 1.00 bits per heavy atom. The van der Waals surface area contributed by atoms with Crippen LogP contribution in [0.2, 0.25) is 0 Å². The highest BCUT2D eigenvalue weighted by molar-refractivity contribution is 6.37. The standard InChI is InChI=1S/C10H15O3Si/c1-3-11-14(12-4-2)13-10-8-6-5-7-9-10/h5-9H,3-4H2,1-2H3. The summed E-state index contributed by atoms with van der Waals surface area (Å²) >= 11 is 0. The Hall–Kier alpha value is -0.843. The zero-order valence-corrected chi connectivity index (χ0v) is 9.53. The zero-order chi connectivity index (χ0) is 10.2. The van der Waals surface area contributed by atoms with E-state index in [0.29, 0.717) is 13.2 Å². The first-order valence-electron chi connectivity index (χ1n) is 4.72. The van der Waals surface area contributed by atoms with E-state index in [9.17, 15) is 0 Å². The fraction of sp³-hybridized carbons (Fsp3) is 0.400. The van der Waals surface area contributed by atoms with Crippen molar-refractivity contribution in [3.8, 4) is 5.75 Å². The highest BCUT2D eigenvalue weighted by atomic mass is 28.3. The van der Waals surface area contributed by atoms with E-state index < -0.39 is 9.53 Å². The van der Waals surface area contributed by atoms with Crippen molar-refractivity contribution in [2.75, 3.05) is 13.2 Å². The topological polar surface area (TPSA) is 27.7 Å². The predicted octanol–water partition coefficient (Wildman–Crippen LogP) is 2.12. The summed E-state index contributed by atoms with van der Waals surface area (Å²) in [5.74, 6) is 0.795. The molecular weight excluding hydrogens is 196 g/mol. The second kappa shape index (κ2) is 6.59. The smallest absolute Gasteiger partial charge is 0.498 e. The molecule has 0 amide bonds. The Labute approximate surface area is 86.6 Å². The molecule has 0 aromatic heterocycles. The lowest BCUT2D eigenvalue weighted by Crippen LogP contribution is -2.30. The van der Waals surface area contributed by atoms with Gasteiger partial charge in [-0.3, -0.25) is 0 Å². The quantitative estimate of drug-likeness (QED) is 0.675. The molecule has 3 nitrogen and oxygen atoms in total. The monoisotopic (exact) mass is 211 g/mol. The Kier molecular flexibility index (Phi) is 5.29. The third-order valence-corrected chi connectivity index (χ3v) is 2.92. The van der Waals surface area contributed by atoms with Gasteiger partial charge in [0.2, 0.25) is 0 Å². The van der Waals surface area contributed by atoms with E-state index in [1.165, 1.54) is 0 Å². The van der Waals surface area contributed by atoms with Gasteiger partial charge in [-0.2, -0.15) is 0 Å². The van der Waals surface area contributed by atoms with Crippen LogP contribution in [0, 0.1) is 0 Å². The number of rotatable bonds is 6. The van der Waals surface area contributed by atoms with Crippen molar-refractivity contribution in [3.05, 3.63) is 30.3 Å². The SMILES string of the molecule is CCO[Si](OCC)Oc1ccccc1. The van der Waals surface area contributed by atoms with Crippen LogP contribution < -0.4 is 4.43 Å². The van der Waals surface area contributed by atoms with Gasteiger partial charge in [-0.15, -0.1) is 0 Å². The van der Waals surface area contributed by atoms with Gasteiger partial charge >= 0.3 is 9.53 Å². The molecule has 1 aromatic carbocycles. The molecule has 0 heterocycles. The highest BCUT2D eigenvalue weighted by Crippen LogP contribution is 2.10. The first kappa shape index (κ1) is 11.2. The van der Waals surface area contributed by atoms with Gasteiger partial charge in [-0.1, -0.05) is 18.2 Å². The summed E-state index contributed by atoms with van der Waals surface area (Å²) in [5, 5.41) is 0. The molecule has 0 unspecified atom stereocenters. The number of benzene rings is 1. The summed E-state index contributed by atoms with van der Waals surface area (Å²) in [6.45, 7) is 5.08. The molecule has 0 bridgehead atoms. The van der Waals surface area contributed by atoms with Crippen molar-refractivity contribution < 1.29 is 13.3 Å². The van der Waals surface area contributed by atoms with Crippen molar-refractivity contribution in [3.63, 3.8) is 0 Å². The Bertz CT molecular complexity index is 234. The lowest BCUT2D eigenvalue weighted by molar-refractivity contribution is 0.153. The van der Waals surface area contributed by atoms with Gasteiger partial charge in [0, 0.05) is 13.2 Å². The molecule has 0 fully saturated rings.